The summed E-state index contributed by atoms with van der Waals surface area (Å²) in [6, 6.07) is 22.3. The van der Waals surface area contributed by atoms with Crippen LogP contribution in [0.5, 0.6) is 0 Å². The summed E-state index contributed by atoms with van der Waals surface area (Å²) in [7, 11) is 0. The predicted molar refractivity (Wildman–Crippen MR) is 279 cm³/mol. The van der Waals surface area contributed by atoms with Crippen LogP contribution in [0.1, 0.15) is 103 Å². The van der Waals surface area contributed by atoms with Gasteiger partial charge in [-0.2, -0.15) is 0 Å². The summed E-state index contributed by atoms with van der Waals surface area (Å²) in [6.07, 6.45) is 13.4. The topological polar surface area (TPSA) is 268 Å². The van der Waals surface area contributed by atoms with Crippen molar-refractivity contribution < 1.29 is 28.0 Å². The normalized spacial score (nSPS) is 14.0. The molecule has 9 rings (SSSR count). The molecule has 4 heterocycles. The molecule has 3 saturated carbocycles. The van der Waals surface area contributed by atoms with Crippen LogP contribution in [0.15, 0.2) is 97.3 Å². The molecule has 3 fully saturated rings. The van der Waals surface area contributed by atoms with Gasteiger partial charge < -0.3 is 54.0 Å². The lowest BCUT2D eigenvalue weighted by Crippen LogP contribution is -2.33. The van der Waals surface area contributed by atoms with E-state index in [1.165, 1.54) is 24.3 Å². The first-order valence-corrected chi connectivity index (χ1v) is 24.6. The maximum Gasteiger partial charge on any atom is 0.319 e. The molecule has 0 atom stereocenters. The fourth-order valence-electron chi connectivity index (χ4n) is 7.81. The zero-order chi connectivity index (χ0) is 51.3. The number of amides is 6. The number of nitrogen functional groups attached to an aromatic ring is 2. The van der Waals surface area contributed by atoms with Crippen molar-refractivity contribution in [1.82, 2.24) is 41.2 Å². The molecule has 0 bridgehead atoms. The smallest absolute Gasteiger partial charge is 0.319 e. The van der Waals surface area contributed by atoms with Crippen molar-refractivity contribution in [2.75, 3.05) is 39.3 Å². The molecule has 18 nitrogen and oxygen atoms in total. The van der Waals surface area contributed by atoms with Crippen LogP contribution in [-0.4, -0.2) is 68.5 Å². The molecule has 2 aromatic carbocycles. The number of urea groups is 2. The van der Waals surface area contributed by atoms with E-state index in [1.807, 2.05) is 0 Å². The first-order valence-electron chi connectivity index (χ1n) is 24.6. The number of nitrogens with zero attached hydrogens (tertiary/aromatic N) is 4. The number of anilines is 6. The molecule has 0 aliphatic heterocycles. The molecule has 6 amide bonds. The lowest BCUT2D eigenvalue weighted by molar-refractivity contribution is 0.0934. The van der Waals surface area contributed by atoms with E-state index in [0.29, 0.717) is 75.5 Å². The maximum absolute atomic E-state index is 14.9. The van der Waals surface area contributed by atoms with Crippen LogP contribution in [0.2, 0.25) is 0 Å². The number of aromatic nitrogens is 4. The highest BCUT2D eigenvalue weighted by molar-refractivity contribution is 6.00. The summed E-state index contributed by atoms with van der Waals surface area (Å²) in [5.41, 5.74) is 15.8. The number of rotatable bonds is 18. The van der Waals surface area contributed by atoms with Gasteiger partial charge in [0.2, 0.25) is 0 Å². The van der Waals surface area contributed by atoms with Gasteiger partial charge in [0.05, 0.1) is 33.9 Å². The van der Waals surface area contributed by atoms with Crippen molar-refractivity contribution in [3.05, 3.63) is 131 Å². The summed E-state index contributed by atoms with van der Waals surface area (Å²) >= 11 is 0. The molecule has 73 heavy (non-hydrogen) atoms. The third-order valence-corrected chi connectivity index (χ3v) is 12.2. The molecular formula is C53H60F2N14O4. The number of nitrogens with two attached hydrogens (primary N) is 2. The average Bonchev–Trinajstić information content (AvgIpc) is 4.33. The summed E-state index contributed by atoms with van der Waals surface area (Å²) in [5.74, 6) is 0.262. The fraction of sp³-hybridized carbons (Fsp3) is 0.321. The number of carbonyl (C=O) groups excluding carboxylic acids is 4. The van der Waals surface area contributed by atoms with E-state index < -0.39 is 23.7 Å². The predicted octanol–water partition coefficient (Wildman–Crippen LogP) is 8.72. The molecule has 0 saturated heterocycles. The Bertz CT molecular complexity index is 2910. The van der Waals surface area contributed by atoms with Crippen molar-refractivity contribution in [3.8, 4) is 22.5 Å². The van der Waals surface area contributed by atoms with Gasteiger partial charge in [0.15, 0.2) is 0 Å². The lowest BCUT2D eigenvalue weighted by Gasteiger charge is -2.16. The summed E-state index contributed by atoms with van der Waals surface area (Å²) in [6.45, 7) is 3.11. The van der Waals surface area contributed by atoms with E-state index in [-0.39, 0.29) is 42.3 Å². The highest BCUT2D eigenvalue weighted by Crippen LogP contribution is 2.32. The maximum atomic E-state index is 14.9. The van der Waals surface area contributed by atoms with Crippen LogP contribution < -0.4 is 54.0 Å². The Morgan fingerprint density at radius 3 is 1.48 bits per heavy atom. The fourth-order valence-corrected chi connectivity index (χ4v) is 7.81. The van der Waals surface area contributed by atoms with Gasteiger partial charge in [0.1, 0.15) is 34.9 Å². The van der Waals surface area contributed by atoms with E-state index in [2.05, 4.69) is 69.4 Å². The van der Waals surface area contributed by atoms with Crippen molar-refractivity contribution in [1.29, 1.82) is 0 Å². The second-order valence-electron chi connectivity index (χ2n) is 18.3. The molecule has 3 aliphatic carbocycles. The van der Waals surface area contributed by atoms with Crippen LogP contribution in [0.4, 0.5) is 53.0 Å². The zero-order valence-corrected chi connectivity index (χ0v) is 40.5. The molecule has 380 valence electrons. The van der Waals surface area contributed by atoms with Crippen molar-refractivity contribution in [2.45, 2.75) is 102 Å². The molecule has 0 unspecified atom stereocenters. The standard InChI is InChI=1S/C27H30FN7O2.C26H30FN7O2/c28-21-13-17(6-10-23(21)35-27(37)31-15-16-5-12-24(29)30-14-16)22-11-9-20(25(34-22)32-19-7-8-19)26(36)33-18-3-1-2-4-18;1-2-3-12-29-25(35)19-8-10-21(33-24(19)32-18-6-7-18)17-5-9-22(20(27)13-17)34-26(36)31-15-16-4-11-23(28)30-14-16/h5-6,9-14,18-19H,1-4,7-8,15H2,(H2,29,30)(H,32,34)(H,33,36)(H2,31,35,37);4-5,8-11,13-14,18H,2-3,6-7,12,15H2,1H3,(H2,28,30)(H,29,35)(H,32,33)(H2,31,34,36). The zero-order valence-electron chi connectivity index (χ0n) is 40.5. The van der Waals surface area contributed by atoms with Gasteiger partial charge in [-0.25, -0.2) is 38.3 Å². The Balaban J connectivity index is 0.000000195. The largest absolute Gasteiger partial charge is 0.384 e. The highest BCUT2D eigenvalue weighted by atomic mass is 19.1. The van der Waals surface area contributed by atoms with Gasteiger partial charge in [0.25, 0.3) is 11.8 Å². The van der Waals surface area contributed by atoms with Gasteiger partial charge in [-0.3, -0.25) is 9.59 Å². The minimum Gasteiger partial charge on any atom is -0.384 e. The summed E-state index contributed by atoms with van der Waals surface area (Å²) in [4.78, 5) is 67.3. The first kappa shape index (κ1) is 51.0. The van der Waals surface area contributed by atoms with E-state index >= 15 is 0 Å². The SMILES string of the molecule is CCCCNC(=O)c1ccc(-c2ccc(NC(=O)NCc3ccc(N)nc3)c(F)c2)nc1NC1CC1.Nc1ccc(CNC(=O)Nc2ccc(-c3ccc(C(=O)NC4CCCC4)c(NC4CC4)n3)cc2F)cn1. The Morgan fingerprint density at radius 2 is 1.05 bits per heavy atom. The summed E-state index contributed by atoms with van der Waals surface area (Å²) in [5, 5.41) is 23.0. The Labute approximate surface area is 421 Å². The molecule has 6 aromatic rings. The van der Waals surface area contributed by atoms with Crippen LogP contribution in [0, 0.1) is 11.6 Å². The van der Waals surface area contributed by atoms with Gasteiger partial charge in [0, 0.05) is 61.3 Å². The second kappa shape index (κ2) is 24.1. The third-order valence-electron chi connectivity index (χ3n) is 12.2. The van der Waals surface area contributed by atoms with Gasteiger partial charge >= 0.3 is 12.1 Å². The summed E-state index contributed by atoms with van der Waals surface area (Å²) < 4.78 is 29.7. The number of hydrogen-bond donors (Lipinski definition) is 10. The molecule has 0 spiro atoms. The number of nitrogens with one attached hydrogen (secondary N) is 8. The van der Waals surface area contributed by atoms with Crippen molar-refractivity contribution >= 4 is 58.5 Å². The van der Waals surface area contributed by atoms with Gasteiger partial charge in [-0.15, -0.1) is 0 Å². The molecule has 12 N–H and O–H groups in total. The van der Waals surface area contributed by atoms with Crippen molar-refractivity contribution in [3.63, 3.8) is 0 Å². The number of unbranched alkanes of at least 4 members (excludes halogenated alkanes) is 1. The van der Waals surface area contributed by atoms with Gasteiger partial charge in [-0.05, 0) is 117 Å². The number of hydrogen-bond acceptors (Lipinski definition) is 12. The Kier molecular flexibility index (Phi) is 16.8. The lowest BCUT2D eigenvalue weighted by atomic mass is 10.1. The minimum atomic E-state index is -0.600. The van der Waals surface area contributed by atoms with E-state index in [9.17, 15) is 28.0 Å². The third kappa shape index (κ3) is 14.8. The van der Waals surface area contributed by atoms with Crippen LogP contribution in [0.3, 0.4) is 0 Å². The quantitative estimate of drug-likeness (QED) is 0.0362. The average molecular weight is 995 g/mol. The Morgan fingerprint density at radius 1 is 0.575 bits per heavy atom. The Hall–Kier alpha value is -8.42. The first-order chi connectivity index (χ1) is 35.4. The highest BCUT2D eigenvalue weighted by Gasteiger charge is 2.27. The molecule has 20 heteroatoms. The number of halogens is 2. The molecule has 4 aromatic heterocycles. The van der Waals surface area contributed by atoms with E-state index in [0.717, 1.165) is 75.3 Å². The van der Waals surface area contributed by atoms with Crippen LogP contribution >= 0.6 is 0 Å². The van der Waals surface area contributed by atoms with E-state index in [4.69, 9.17) is 11.5 Å². The van der Waals surface area contributed by atoms with Crippen molar-refractivity contribution in [2.24, 2.45) is 0 Å². The molecule has 3 aliphatic rings. The number of benzene rings is 2. The minimum absolute atomic E-state index is 0.0370. The van der Waals surface area contributed by atoms with Crippen LogP contribution in [0.25, 0.3) is 22.5 Å². The van der Waals surface area contributed by atoms with E-state index in [1.54, 1.807) is 73.1 Å². The monoisotopic (exact) mass is 994 g/mol. The molecular weight excluding hydrogens is 935 g/mol. The van der Waals surface area contributed by atoms with Crippen LogP contribution in [-0.2, 0) is 13.1 Å². The number of carbonyl (C=O) groups is 4. The molecule has 0 radical (unpaired) electrons. The number of pyridine rings is 4. The second-order valence-corrected chi connectivity index (χ2v) is 18.3. The van der Waals surface area contributed by atoms with Gasteiger partial charge in [-0.1, -0.05) is 50.5 Å².